The Hall–Kier alpha value is -2.11. The molecule has 0 aliphatic heterocycles. The highest BCUT2D eigenvalue weighted by Crippen LogP contribution is 2.34. The Labute approximate surface area is 141 Å². The highest BCUT2D eigenvalue weighted by Gasteiger charge is 2.37. The SMILES string of the molecule is CC(=O)Nc1cc(NC(=O)N(C2CCCCC2)C2CC2)ccc1F. The Kier molecular flexibility index (Phi) is 5.02. The van der Waals surface area contributed by atoms with E-state index in [1.165, 1.54) is 44.4 Å². The van der Waals surface area contributed by atoms with E-state index in [-0.39, 0.29) is 17.6 Å². The van der Waals surface area contributed by atoms with Crippen molar-refractivity contribution >= 4 is 23.3 Å². The largest absolute Gasteiger partial charge is 0.324 e. The number of hydrogen-bond acceptors (Lipinski definition) is 2. The van der Waals surface area contributed by atoms with Crippen molar-refractivity contribution in [2.24, 2.45) is 0 Å². The number of nitrogens with one attached hydrogen (secondary N) is 2. The zero-order valence-corrected chi connectivity index (χ0v) is 14.0. The molecule has 2 N–H and O–H groups in total. The Morgan fingerprint density at radius 1 is 1.04 bits per heavy atom. The van der Waals surface area contributed by atoms with Crippen LogP contribution in [0.4, 0.5) is 20.6 Å². The lowest BCUT2D eigenvalue weighted by Gasteiger charge is -2.34. The van der Waals surface area contributed by atoms with Gasteiger partial charge in [-0.1, -0.05) is 19.3 Å². The molecule has 0 aromatic heterocycles. The number of amides is 3. The molecule has 2 saturated carbocycles. The topological polar surface area (TPSA) is 61.4 Å². The standard InChI is InChI=1S/C18H24FN3O2/c1-12(23)20-17-11-13(7-10-16(17)19)21-18(24)22(15-8-9-15)14-5-3-2-4-6-14/h7,10-11,14-15H,2-6,8-9H2,1H3,(H,20,23)(H,21,24). The number of urea groups is 1. The minimum Gasteiger partial charge on any atom is -0.324 e. The van der Waals surface area contributed by atoms with Gasteiger partial charge in [0.25, 0.3) is 0 Å². The summed E-state index contributed by atoms with van der Waals surface area (Å²) >= 11 is 0. The van der Waals surface area contributed by atoms with Crippen molar-refractivity contribution < 1.29 is 14.0 Å². The molecule has 1 aromatic rings. The molecule has 6 heteroatoms. The summed E-state index contributed by atoms with van der Waals surface area (Å²) < 4.78 is 13.7. The van der Waals surface area contributed by atoms with Gasteiger partial charge >= 0.3 is 6.03 Å². The summed E-state index contributed by atoms with van der Waals surface area (Å²) in [4.78, 5) is 25.9. The average Bonchev–Trinajstić information content (AvgIpc) is 3.36. The van der Waals surface area contributed by atoms with Crippen LogP contribution in [0.15, 0.2) is 18.2 Å². The summed E-state index contributed by atoms with van der Waals surface area (Å²) in [6, 6.07) is 4.75. The van der Waals surface area contributed by atoms with Crippen molar-refractivity contribution in [3.05, 3.63) is 24.0 Å². The molecule has 1 aromatic carbocycles. The van der Waals surface area contributed by atoms with Gasteiger partial charge in [0.2, 0.25) is 5.91 Å². The zero-order valence-electron chi connectivity index (χ0n) is 14.0. The van der Waals surface area contributed by atoms with Crippen LogP contribution >= 0.6 is 0 Å². The van der Waals surface area contributed by atoms with E-state index in [1.54, 1.807) is 0 Å². The molecule has 0 unspecified atom stereocenters. The van der Waals surface area contributed by atoms with E-state index < -0.39 is 5.82 Å². The Morgan fingerprint density at radius 2 is 1.71 bits per heavy atom. The molecule has 0 atom stereocenters. The highest BCUT2D eigenvalue weighted by atomic mass is 19.1. The number of hydrogen-bond donors (Lipinski definition) is 2. The summed E-state index contributed by atoms with van der Waals surface area (Å²) in [6.45, 7) is 1.32. The van der Waals surface area contributed by atoms with E-state index in [4.69, 9.17) is 0 Å². The van der Waals surface area contributed by atoms with Crippen LogP contribution < -0.4 is 10.6 Å². The third-order valence-electron chi connectivity index (χ3n) is 4.67. The summed E-state index contributed by atoms with van der Waals surface area (Å²) in [5, 5.41) is 5.31. The maximum atomic E-state index is 13.7. The van der Waals surface area contributed by atoms with Crippen molar-refractivity contribution in [3.63, 3.8) is 0 Å². The van der Waals surface area contributed by atoms with Gasteiger partial charge in [-0.05, 0) is 43.9 Å². The number of halogens is 1. The van der Waals surface area contributed by atoms with E-state index in [9.17, 15) is 14.0 Å². The second-order valence-electron chi connectivity index (χ2n) is 6.74. The van der Waals surface area contributed by atoms with Crippen molar-refractivity contribution in [1.82, 2.24) is 4.90 Å². The van der Waals surface area contributed by atoms with Crippen LogP contribution in [0.1, 0.15) is 51.9 Å². The van der Waals surface area contributed by atoms with Crippen LogP contribution in [0.3, 0.4) is 0 Å². The maximum absolute atomic E-state index is 13.7. The molecule has 2 fully saturated rings. The molecule has 130 valence electrons. The molecule has 0 saturated heterocycles. The highest BCUT2D eigenvalue weighted by molar-refractivity contribution is 5.93. The maximum Gasteiger partial charge on any atom is 0.322 e. The minimum absolute atomic E-state index is 0.0796. The number of rotatable bonds is 4. The fourth-order valence-electron chi connectivity index (χ4n) is 3.42. The van der Waals surface area contributed by atoms with Gasteiger partial charge in [-0.15, -0.1) is 0 Å². The molecule has 3 rings (SSSR count). The third kappa shape index (κ3) is 4.04. The van der Waals surface area contributed by atoms with E-state index >= 15 is 0 Å². The first-order valence-corrected chi connectivity index (χ1v) is 8.71. The Bertz CT molecular complexity index is 625. The Morgan fingerprint density at radius 3 is 2.33 bits per heavy atom. The lowest BCUT2D eigenvalue weighted by Crippen LogP contribution is -2.45. The van der Waals surface area contributed by atoms with Gasteiger partial charge in [0.1, 0.15) is 5.82 Å². The van der Waals surface area contributed by atoms with Crippen LogP contribution in [0.5, 0.6) is 0 Å². The van der Waals surface area contributed by atoms with Gasteiger partial charge in [-0.25, -0.2) is 9.18 Å². The summed E-state index contributed by atoms with van der Waals surface area (Å²) in [7, 11) is 0. The second-order valence-corrected chi connectivity index (χ2v) is 6.74. The molecule has 5 nitrogen and oxygen atoms in total. The van der Waals surface area contributed by atoms with Crippen LogP contribution in [-0.2, 0) is 4.79 Å². The first-order valence-electron chi connectivity index (χ1n) is 8.71. The number of carbonyl (C=O) groups excluding carboxylic acids is 2. The van der Waals surface area contributed by atoms with Gasteiger partial charge in [0.05, 0.1) is 5.69 Å². The van der Waals surface area contributed by atoms with E-state index in [0.717, 1.165) is 25.7 Å². The van der Waals surface area contributed by atoms with Crippen molar-refractivity contribution in [1.29, 1.82) is 0 Å². The van der Waals surface area contributed by atoms with Gasteiger partial charge in [-0.2, -0.15) is 0 Å². The molecule has 3 amide bonds. The van der Waals surface area contributed by atoms with Crippen LogP contribution in [0, 0.1) is 5.82 Å². The quantitative estimate of drug-likeness (QED) is 0.871. The monoisotopic (exact) mass is 333 g/mol. The predicted octanol–water partition coefficient (Wildman–Crippen LogP) is 4.11. The summed E-state index contributed by atoms with van der Waals surface area (Å²) in [5.41, 5.74) is 0.572. The first-order chi connectivity index (χ1) is 11.5. The van der Waals surface area contributed by atoms with Crippen molar-refractivity contribution in [2.75, 3.05) is 10.6 Å². The van der Waals surface area contributed by atoms with E-state index in [0.29, 0.717) is 17.8 Å². The van der Waals surface area contributed by atoms with Crippen LogP contribution in [-0.4, -0.2) is 28.9 Å². The molecule has 24 heavy (non-hydrogen) atoms. The lowest BCUT2D eigenvalue weighted by atomic mass is 9.94. The van der Waals surface area contributed by atoms with Gasteiger partial charge in [0, 0.05) is 24.7 Å². The number of benzene rings is 1. The molecule has 0 heterocycles. The van der Waals surface area contributed by atoms with Gasteiger partial charge < -0.3 is 15.5 Å². The Balaban J connectivity index is 1.71. The summed E-state index contributed by atoms with van der Waals surface area (Å²) in [6.07, 6.45) is 7.83. The molecular formula is C18H24FN3O2. The predicted molar refractivity (Wildman–Crippen MR) is 91.5 cm³/mol. The normalized spacial score (nSPS) is 18.1. The fourth-order valence-corrected chi connectivity index (χ4v) is 3.42. The number of anilines is 2. The van der Waals surface area contributed by atoms with Crippen molar-refractivity contribution in [2.45, 2.75) is 64.0 Å². The van der Waals surface area contributed by atoms with Crippen LogP contribution in [0.2, 0.25) is 0 Å². The second kappa shape index (κ2) is 7.20. The third-order valence-corrected chi connectivity index (χ3v) is 4.67. The molecule has 0 bridgehead atoms. The molecule has 2 aliphatic rings. The smallest absolute Gasteiger partial charge is 0.322 e. The molecular weight excluding hydrogens is 309 g/mol. The summed E-state index contributed by atoms with van der Waals surface area (Å²) in [5.74, 6) is -0.867. The molecule has 2 aliphatic carbocycles. The lowest BCUT2D eigenvalue weighted by molar-refractivity contribution is -0.114. The van der Waals surface area contributed by atoms with Gasteiger partial charge in [-0.3, -0.25) is 4.79 Å². The van der Waals surface area contributed by atoms with E-state index in [1.807, 2.05) is 4.90 Å². The van der Waals surface area contributed by atoms with Crippen molar-refractivity contribution in [3.8, 4) is 0 Å². The molecule has 0 radical (unpaired) electrons. The fraction of sp³-hybridized carbons (Fsp3) is 0.556. The van der Waals surface area contributed by atoms with Gasteiger partial charge in [0.15, 0.2) is 0 Å². The molecule has 0 spiro atoms. The average molecular weight is 333 g/mol. The zero-order chi connectivity index (χ0) is 17.1. The van der Waals surface area contributed by atoms with Crippen LogP contribution in [0.25, 0.3) is 0 Å². The van der Waals surface area contributed by atoms with E-state index in [2.05, 4.69) is 10.6 Å². The number of carbonyl (C=O) groups is 2. The number of nitrogens with zero attached hydrogens (tertiary/aromatic N) is 1. The minimum atomic E-state index is -0.519. The first kappa shape index (κ1) is 16.7.